The van der Waals surface area contributed by atoms with Gasteiger partial charge in [0.25, 0.3) is 0 Å². The Bertz CT molecular complexity index is 528. The first kappa shape index (κ1) is 11.7. The maximum atomic E-state index is 11.5. The standard InChI is InChI=1S/C14H17NO2/c1-3-10-6-5-7-12-11(9-15-14(10)12)8-13(16)17-4-2/h5-7,9,15H,3-4,8H2,1-2H3. The van der Waals surface area contributed by atoms with Crippen molar-refractivity contribution in [3.05, 3.63) is 35.5 Å². The fourth-order valence-electron chi connectivity index (χ4n) is 2.08. The number of rotatable bonds is 4. The predicted molar refractivity (Wildman–Crippen MR) is 68.0 cm³/mol. The zero-order chi connectivity index (χ0) is 12.3. The summed E-state index contributed by atoms with van der Waals surface area (Å²) in [5.41, 5.74) is 3.42. The number of esters is 1. The molecule has 3 heteroatoms. The largest absolute Gasteiger partial charge is 0.466 e. The van der Waals surface area contributed by atoms with Gasteiger partial charge in [0, 0.05) is 17.1 Å². The highest BCUT2D eigenvalue weighted by Crippen LogP contribution is 2.22. The fraction of sp³-hybridized carbons (Fsp3) is 0.357. The van der Waals surface area contributed by atoms with Gasteiger partial charge in [-0.15, -0.1) is 0 Å². The van der Waals surface area contributed by atoms with Gasteiger partial charge in [0.1, 0.15) is 0 Å². The average molecular weight is 231 g/mol. The molecule has 0 spiro atoms. The summed E-state index contributed by atoms with van der Waals surface area (Å²) in [5, 5.41) is 1.12. The second-order valence-corrected chi connectivity index (χ2v) is 3.99. The van der Waals surface area contributed by atoms with E-state index in [9.17, 15) is 4.79 Å². The van der Waals surface area contributed by atoms with Crippen LogP contribution in [0.4, 0.5) is 0 Å². The van der Waals surface area contributed by atoms with Gasteiger partial charge in [-0.05, 0) is 24.5 Å². The van der Waals surface area contributed by atoms with Crippen LogP contribution in [0.3, 0.4) is 0 Å². The molecule has 0 unspecified atom stereocenters. The van der Waals surface area contributed by atoms with E-state index in [1.54, 1.807) is 0 Å². The van der Waals surface area contributed by atoms with Crippen LogP contribution in [0.5, 0.6) is 0 Å². The number of nitrogens with one attached hydrogen (secondary N) is 1. The molecule has 0 aliphatic heterocycles. The van der Waals surface area contributed by atoms with Crippen LogP contribution in [-0.2, 0) is 22.4 Å². The number of para-hydroxylation sites is 1. The average Bonchev–Trinajstić information content (AvgIpc) is 2.73. The number of hydrogen-bond donors (Lipinski definition) is 1. The molecule has 0 fully saturated rings. The van der Waals surface area contributed by atoms with Crippen LogP contribution in [0, 0.1) is 0 Å². The van der Waals surface area contributed by atoms with Gasteiger partial charge in [-0.3, -0.25) is 4.79 Å². The van der Waals surface area contributed by atoms with E-state index in [4.69, 9.17) is 4.74 Å². The highest BCUT2D eigenvalue weighted by atomic mass is 16.5. The third kappa shape index (κ3) is 2.33. The molecule has 1 aromatic heterocycles. The highest BCUT2D eigenvalue weighted by molar-refractivity contribution is 5.89. The molecule has 17 heavy (non-hydrogen) atoms. The quantitative estimate of drug-likeness (QED) is 0.822. The monoisotopic (exact) mass is 231 g/mol. The van der Waals surface area contributed by atoms with Gasteiger partial charge in [-0.2, -0.15) is 0 Å². The number of hydrogen-bond acceptors (Lipinski definition) is 2. The zero-order valence-corrected chi connectivity index (χ0v) is 10.2. The van der Waals surface area contributed by atoms with Crippen molar-refractivity contribution in [3.63, 3.8) is 0 Å². The van der Waals surface area contributed by atoms with Crippen LogP contribution in [-0.4, -0.2) is 17.6 Å². The number of H-pyrrole nitrogens is 1. The molecule has 90 valence electrons. The molecule has 1 heterocycles. The van der Waals surface area contributed by atoms with Crippen molar-refractivity contribution in [3.8, 4) is 0 Å². The molecule has 0 aliphatic rings. The van der Waals surface area contributed by atoms with Crippen molar-refractivity contribution in [1.29, 1.82) is 0 Å². The van der Waals surface area contributed by atoms with E-state index >= 15 is 0 Å². The number of aryl methyl sites for hydroxylation is 1. The minimum Gasteiger partial charge on any atom is -0.466 e. The van der Waals surface area contributed by atoms with E-state index in [1.165, 1.54) is 5.56 Å². The summed E-state index contributed by atoms with van der Waals surface area (Å²) in [6.45, 7) is 4.38. The summed E-state index contributed by atoms with van der Waals surface area (Å²) in [6, 6.07) is 6.18. The smallest absolute Gasteiger partial charge is 0.310 e. The first-order valence-corrected chi connectivity index (χ1v) is 5.99. The Morgan fingerprint density at radius 1 is 1.29 bits per heavy atom. The van der Waals surface area contributed by atoms with E-state index < -0.39 is 0 Å². The normalized spacial score (nSPS) is 10.7. The van der Waals surface area contributed by atoms with Crippen LogP contribution in [0.25, 0.3) is 10.9 Å². The molecular weight excluding hydrogens is 214 g/mol. The molecule has 0 aliphatic carbocycles. The molecule has 0 atom stereocenters. The third-order valence-corrected chi connectivity index (χ3v) is 2.91. The molecule has 0 saturated heterocycles. The lowest BCUT2D eigenvalue weighted by molar-refractivity contribution is -0.142. The van der Waals surface area contributed by atoms with Crippen molar-refractivity contribution in [2.75, 3.05) is 6.61 Å². The topological polar surface area (TPSA) is 42.1 Å². The Hall–Kier alpha value is -1.77. The molecule has 1 aromatic carbocycles. The SMILES string of the molecule is CCOC(=O)Cc1c[nH]c2c(CC)cccc12. The highest BCUT2D eigenvalue weighted by Gasteiger charge is 2.10. The van der Waals surface area contributed by atoms with Crippen LogP contribution in [0.15, 0.2) is 24.4 Å². The van der Waals surface area contributed by atoms with E-state index in [0.717, 1.165) is 22.9 Å². The number of carbonyl (C=O) groups excluding carboxylic acids is 1. The van der Waals surface area contributed by atoms with Crippen molar-refractivity contribution in [2.24, 2.45) is 0 Å². The zero-order valence-electron chi connectivity index (χ0n) is 10.2. The van der Waals surface area contributed by atoms with Crippen LogP contribution < -0.4 is 0 Å². The minimum atomic E-state index is -0.171. The summed E-state index contributed by atoms with van der Waals surface area (Å²) < 4.78 is 4.97. The third-order valence-electron chi connectivity index (χ3n) is 2.91. The first-order valence-electron chi connectivity index (χ1n) is 5.99. The molecule has 0 bridgehead atoms. The molecule has 3 nitrogen and oxygen atoms in total. The van der Waals surface area contributed by atoms with Gasteiger partial charge in [-0.25, -0.2) is 0 Å². The maximum Gasteiger partial charge on any atom is 0.310 e. The Labute approximate surface area is 101 Å². The van der Waals surface area contributed by atoms with Crippen LogP contribution >= 0.6 is 0 Å². The van der Waals surface area contributed by atoms with Crippen molar-refractivity contribution in [1.82, 2.24) is 4.98 Å². The van der Waals surface area contributed by atoms with E-state index in [2.05, 4.69) is 18.0 Å². The van der Waals surface area contributed by atoms with E-state index in [-0.39, 0.29) is 5.97 Å². The summed E-state index contributed by atoms with van der Waals surface area (Å²) in [4.78, 5) is 14.7. The van der Waals surface area contributed by atoms with Crippen LogP contribution in [0.2, 0.25) is 0 Å². The molecule has 0 saturated carbocycles. The lowest BCUT2D eigenvalue weighted by Crippen LogP contribution is -2.06. The lowest BCUT2D eigenvalue weighted by atomic mass is 10.1. The van der Waals surface area contributed by atoms with Gasteiger partial charge in [-0.1, -0.05) is 25.1 Å². The lowest BCUT2D eigenvalue weighted by Gasteiger charge is -2.02. The second kappa shape index (κ2) is 5.04. The number of aromatic nitrogens is 1. The summed E-state index contributed by atoms with van der Waals surface area (Å²) >= 11 is 0. The summed E-state index contributed by atoms with van der Waals surface area (Å²) in [7, 11) is 0. The Kier molecular flexibility index (Phi) is 3.47. The summed E-state index contributed by atoms with van der Waals surface area (Å²) in [6.07, 6.45) is 3.22. The number of aromatic amines is 1. The minimum absolute atomic E-state index is 0.171. The molecule has 1 N–H and O–H groups in total. The molecular formula is C14H17NO2. The second-order valence-electron chi connectivity index (χ2n) is 3.99. The van der Waals surface area contributed by atoms with Gasteiger partial charge in [0.2, 0.25) is 0 Å². The Balaban J connectivity index is 2.33. The van der Waals surface area contributed by atoms with Gasteiger partial charge in [0.05, 0.1) is 13.0 Å². The molecule has 0 amide bonds. The van der Waals surface area contributed by atoms with Crippen LogP contribution in [0.1, 0.15) is 25.0 Å². The maximum absolute atomic E-state index is 11.5. The molecule has 2 aromatic rings. The van der Waals surface area contributed by atoms with Gasteiger partial charge in [0.15, 0.2) is 0 Å². The molecule has 2 rings (SSSR count). The number of ether oxygens (including phenoxy) is 1. The Morgan fingerprint density at radius 3 is 2.82 bits per heavy atom. The van der Waals surface area contributed by atoms with E-state index in [1.807, 2.05) is 25.3 Å². The number of benzene rings is 1. The number of carbonyl (C=O) groups is 1. The number of fused-ring (bicyclic) bond motifs is 1. The summed E-state index contributed by atoms with van der Waals surface area (Å²) in [5.74, 6) is -0.171. The van der Waals surface area contributed by atoms with E-state index in [0.29, 0.717) is 13.0 Å². The van der Waals surface area contributed by atoms with Gasteiger partial charge < -0.3 is 9.72 Å². The molecule has 0 radical (unpaired) electrons. The van der Waals surface area contributed by atoms with Gasteiger partial charge >= 0.3 is 5.97 Å². The first-order chi connectivity index (χ1) is 8.26. The predicted octanol–water partition coefficient (Wildman–Crippen LogP) is 2.84. The van der Waals surface area contributed by atoms with Crippen molar-refractivity contribution in [2.45, 2.75) is 26.7 Å². The fourth-order valence-corrected chi connectivity index (χ4v) is 2.08. The van der Waals surface area contributed by atoms with Crippen molar-refractivity contribution < 1.29 is 9.53 Å². The van der Waals surface area contributed by atoms with Crippen molar-refractivity contribution >= 4 is 16.9 Å². The Morgan fingerprint density at radius 2 is 2.12 bits per heavy atom.